The molecule has 0 aliphatic rings. The molecule has 0 spiro atoms. The number of carbonyl (C=O) groups is 3. The first kappa shape index (κ1) is 29.7. The van der Waals surface area contributed by atoms with E-state index in [4.69, 9.17) is 23.4 Å². The molecule has 0 aliphatic carbocycles. The summed E-state index contributed by atoms with van der Waals surface area (Å²) in [6.45, 7) is -1.11. The minimum Gasteiger partial charge on any atom is -0.434 e. The lowest BCUT2D eigenvalue weighted by molar-refractivity contribution is -0.182. The van der Waals surface area contributed by atoms with Gasteiger partial charge in [0.2, 0.25) is 19.5 Å². The lowest BCUT2D eigenvalue weighted by atomic mass is 10.2. The molecule has 0 unspecified atom stereocenters. The molecule has 0 aliphatic heterocycles. The van der Waals surface area contributed by atoms with E-state index in [2.05, 4.69) is 0 Å². The number of hydroxylamine groups is 2. The molecule has 0 heterocycles. The maximum Gasteiger partial charge on any atom is 0.340 e. The van der Waals surface area contributed by atoms with Crippen molar-refractivity contribution in [3.63, 3.8) is 0 Å². The Kier molecular flexibility index (Phi) is 11.9. The predicted octanol–water partition coefficient (Wildman–Crippen LogP) is 5.21. The van der Waals surface area contributed by atoms with E-state index < -0.39 is 33.1 Å². The Morgan fingerprint density at radius 2 is 1.18 bits per heavy atom. The van der Waals surface area contributed by atoms with Crippen LogP contribution in [-0.2, 0) is 39.3 Å². The first-order valence-electron chi connectivity index (χ1n) is 12.1. The van der Waals surface area contributed by atoms with Crippen molar-refractivity contribution in [1.82, 2.24) is 5.06 Å². The monoisotopic (exact) mass is 555 g/mol. The summed E-state index contributed by atoms with van der Waals surface area (Å²) >= 11 is 0. The second kappa shape index (κ2) is 15.6. The fraction of sp³-hybridized carbons (Fsp3) is 0.250. The Balaban J connectivity index is 1.50. The van der Waals surface area contributed by atoms with Gasteiger partial charge in [-0.2, -0.15) is 0 Å². The van der Waals surface area contributed by atoms with Crippen LogP contribution in [0.5, 0.6) is 0 Å². The average Bonchev–Trinajstić information content (AvgIpc) is 2.97. The minimum atomic E-state index is -3.93. The van der Waals surface area contributed by atoms with Crippen LogP contribution in [0.2, 0.25) is 0 Å². The smallest absolute Gasteiger partial charge is 0.340 e. The standard InChI is InChI=1S/C28H30NO9P/c1-29(36-20-23-12-5-2-6-13-23)26(30)18-11-19-39(33,37-21-34-27(31)24-14-7-3-8-15-24)38-22-35-28(32)25-16-9-4-10-17-25/h2-10,12-17H,11,18-22H2,1H3. The van der Waals surface area contributed by atoms with Crippen molar-refractivity contribution >= 4 is 25.4 Å². The Morgan fingerprint density at radius 3 is 1.67 bits per heavy atom. The van der Waals surface area contributed by atoms with Gasteiger partial charge in [0.1, 0.15) is 6.61 Å². The summed E-state index contributed by atoms with van der Waals surface area (Å²) in [5, 5.41) is 1.11. The topological polar surface area (TPSA) is 118 Å². The number of esters is 2. The largest absolute Gasteiger partial charge is 0.434 e. The van der Waals surface area contributed by atoms with E-state index in [0.29, 0.717) is 0 Å². The van der Waals surface area contributed by atoms with Crippen LogP contribution in [0.3, 0.4) is 0 Å². The van der Waals surface area contributed by atoms with Crippen LogP contribution in [0.25, 0.3) is 0 Å². The van der Waals surface area contributed by atoms with Gasteiger partial charge in [0.05, 0.1) is 17.3 Å². The number of benzene rings is 3. The highest BCUT2D eigenvalue weighted by atomic mass is 31.2. The number of amides is 1. The van der Waals surface area contributed by atoms with Crippen LogP contribution >= 0.6 is 7.60 Å². The third kappa shape index (κ3) is 10.5. The fourth-order valence-corrected chi connectivity index (χ4v) is 4.51. The van der Waals surface area contributed by atoms with E-state index >= 15 is 0 Å². The molecule has 0 saturated heterocycles. The first-order valence-corrected chi connectivity index (χ1v) is 13.8. The zero-order valence-electron chi connectivity index (χ0n) is 21.5. The molecular weight excluding hydrogens is 525 g/mol. The highest BCUT2D eigenvalue weighted by molar-refractivity contribution is 7.53. The summed E-state index contributed by atoms with van der Waals surface area (Å²) in [4.78, 5) is 42.3. The third-order valence-corrected chi connectivity index (χ3v) is 7.20. The van der Waals surface area contributed by atoms with Gasteiger partial charge in [-0.1, -0.05) is 66.7 Å². The summed E-state index contributed by atoms with van der Waals surface area (Å²) in [6, 6.07) is 25.8. The molecule has 3 aromatic carbocycles. The summed E-state index contributed by atoms with van der Waals surface area (Å²) in [7, 11) is -2.44. The number of hydrogen-bond acceptors (Lipinski definition) is 9. The van der Waals surface area contributed by atoms with Crippen LogP contribution in [0.4, 0.5) is 0 Å². The maximum absolute atomic E-state index is 13.3. The van der Waals surface area contributed by atoms with Crippen LogP contribution in [0, 0.1) is 0 Å². The van der Waals surface area contributed by atoms with Crippen molar-refractivity contribution in [1.29, 1.82) is 0 Å². The lowest BCUT2D eigenvalue weighted by Crippen LogP contribution is -2.26. The average molecular weight is 556 g/mol. The molecule has 1 amide bonds. The molecule has 0 aromatic heterocycles. The van der Waals surface area contributed by atoms with Crippen LogP contribution in [0.1, 0.15) is 39.1 Å². The molecule has 0 saturated carbocycles. The first-order chi connectivity index (χ1) is 18.9. The van der Waals surface area contributed by atoms with Crippen molar-refractivity contribution in [3.8, 4) is 0 Å². The van der Waals surface area contributed by atoms with Gasteiger partial charge in [0.15, 0.2) is 0 Å². The normalized spacial score (nSPS) is 11.0. The second-order valence-electron chi connectivity index (χ2n) is 8.18. The van der Waals surface area contributed by atoms with Crippen LogP contribution < -0.4 is 0 Å². The van der Waals surface area contributed by atoms with Crippen molar-refractivity contribution in [2.45, 2.75) is 19.4 Å². The molecule has 0 fully saturated rings. The van der Waals surface area contributed by atoms with E-state index in [1.165, 1.54) is 7.05 Å². The molecule has 0 bridgehead atoms. The molecule has 0 radical (unpaired) electrons. The Bertz CT molecular complexity index is 1180. The predicted molar refractivity (Wildman–Crippen MR) is 141 cm³/mol. The Hall–Kier alpha value is -3.82. The van der Waals surface area contributed by atoms with Gasteiger partial charge in [-0.05, 0) is 36.2 Å². The summed E-state index contributed by atoms with van der Waals surface area (Å²) in [5.74, 6) is -1.70. The molecule has 3 rings (SSSR count). The van der Waals surface area contributed by atoms with E-state index in [9.17, 15) is 18.9 Å². The van der Waals surface area contributed by atoms with Gasteiger partial charge >= 0.3 is 19.5 Å². The SMILES string of the molecule is CN(OCc1ccccc1)C(=O)CCCP(=O)(OCOC(=O)c1ccccc1)OCOC(=O)c1ccccc1. The molecule has 3 aromatic rings. The quantitative estimate of drug-likeness (QED) is 0.108. The van der Waals surface area contributed by atoms with Gasteiger partial charge in [-0.15, -0.1) is 0 Å². The highest BCUT2D eigenvalue weighted by Crippen LogP contribution is 2.49. The molecule has 206 valence electrons. The number of ether oxygens (including phenoxy) is 2. The van der Waals surface area contributed by atoms with Crippen LogP contribution in [-0.4, -0.2) is 49.7 Å². The molecule has 39 heavy (non-hydrogen) atoms. The second-order valence-corrected chi connectivity index (χ2v) is 10.4. The zero-order valence-corrected chi connectivity index (χ0v) is 22.4. The van der Waals surface area contributed by atoms with Crippen LogP contribution in [0.15, 0.2) is 91.0 Å². The van der Waals surface area contributed by atoms with Crippen molar-refractivity contribution in [2.24, 2.45) is 0 Å². The van der Waals surface area contributed by atoms with Gasteiger partial charge in [0, 0.05) is 13.5 Å². The number of nitrogens with zero attached hydrogens (tertiary/aromatic N) is 1. The van der Waals surface area contributed by atoms with E-state index in [1.807, 2.05) is 30.3 Å². The summed E-state index contributed by atoms with van der Waals surface area (Å²) in [5.41, 5.74) is 1.48. The highest BCUT2D eigenvalue weighted by Gasteiger charge is 2.27. The molecule has 0 atom stereocenters. The third-order valence-electron chi connectivity index (χ3n) is 5.34. The number of rotatable bonds is 15. The molecular formula is C28H30NO9P. The minimum absolute atomic E-state index is 0.0182. The Morgan fingerprint density at radius 1 is 0.718 bits per heavy atom. The Labute approximate surface area is 226 Å². The zero-order chi connectivity index (χ0) is 27.9. The van der Waals surface area contributed by atoms with E-state index in [0.717, 1.165) is 10.6 Å². The van der Waals surface area contributed by atoms with Gasteiger partial charge in [0.25, 0.3) is 0 Å². The summed E-state index contributed by atoms with van der Waals surface area (Å²) in [6.07, 6.45) is -0.110. The fourth-order valence-electron chi connectivity index (χ4n) is 3.20. The molecule has 0 N–H and O–H groups in total. The maximum atomic E-state index is 13.3. The van der Waals surface area contributed by atoms with E-state index in [1.54, 1.807) is 60.7 Å². The van der Waals surface area contributed by atoms with Gasteiger partial charge < -0.3 is 9.47 Å². The molecule has 10 nitrogen and oxygen atoms in total. The number of carbonyl (C=O) groups excluding carboxylic acids is 3. The van der Waals surface area contributed by atoms with Gasteiger partial charge in [-0.25, -0.2) is 14.7 Å². The summed E-state index contributed by atoms with van der Waals surface area (Å²) < 4.78 is 34.0. The van der Waals surface area contributed by atoms with E-state index in [-0.39, 0.29) is 42.6 Å². The van der Waals surface area contributed by atoms with Crippen molar-refractivity contribution in [3.05, 3.63) is 108 Å². The van der Waals surface area contributed by atoms with Crippen molar-refractivity contribution < 1.29 is 42.3 Å². The van der Waals surface area contributed by atoms with Gasteiger partial charge in [-0.3, -0.25) is 23.2 Å². The molecule has 11 heteroatoms. The van der Waals surface area contributed by atoms with Crippen molar-refractivity contribution in [2.75, 3.05) is 26.8 Å². The number of hydrogen-bond donors (Lipinski definition) is 0. The lowest BCUT2D eigenvalue weighted by Gasteiger charge is -2.20.